The fourth-order valence-electron chi connectivity index (χ4n) is 3.65. The van der Waals surface area contributed by atoms with Crippen molar-refractivity contribution >= 4 is 29.2 Å². The van der Waals surface area contributed by atoms with Gasteiger partial charge in [-0.1, -0.05) is 56.3 Å². The minimum Gasteiger partial charge on any atom is -0.506 e. The summed E-state index contributed by atoms with van der Waals surface area (Å²) in [5, 5.41) is 14.0. The van der Waals surface area contributed by atoms with Crippen molar-refractivity contribution in [3.63, 3.8) is 0 Å². The summed E-state index contributed by atoms with van der Waals surface area (Å²) in [6, 6.07) is 16.7. The van der Waals surface area contributed by atoms with E-state index in [0.29, 0.717) is 24.0 Å². The number of aromatic hydroxyl groups is 1. The smallest absolute Gasteiger partial charge is 0.268 e. The number of rotatable bonds is 9. The number of hydrogen-bond acceptors (Lipinski definition) is 4. The van der Waals surface area contributed by atoms with E-state index in [1.165, 1.54) is 0 Å². The van der Waals surface area contributed by atoms with Gasteiger partial charge in [-0.15, -0.1) is 12.4 Å². The molecule has 1 amide bonds. The number of halogens is 1. The highest BCUT2D eigenvalue weighted by Crippen LogP contribution is 2.26. The van der Waals surface area contributed by atoms with Crippen LogP contribution in [0.2, 0.25) is 0 Å². The van der Waals surface area contributed by atoms with E-state index in [1.54, 1.807) is 22.8 Å². The van der Waals surface area contributed by atoms with Crippen LogP contribution in [0, 0.1) is 0 Å². The Hall–Kier alpha value is -2.83. The molecule has 0 aliphatic carbocycles. The van der Waals surface area contributed by atoms with Crippen LogP contribution >= 0.6 is 12.4 Å². The first kappa shape index (κ1) is 24.4. The maximum absolute atomic E-state index is 13.2. The molecule has 1 aromatic heterocycles. The SMILES string of the molecule is CCN(CC)CCCNC(=O)c1c(O)c2ccccc2n(Cc2ccccc2)c1=O.Cl. The Morgan fingerprint density at radius 2 is 1.68 bits per heavy atom. The van der Waals surface area contributed by atoms with Crippen LogP contribution in [0.4, 0.5) is 0 Å². The zero-order valence-electron chi connectivity index (χ0n) is 18.0. The van der Waals surface area contributed by atoms with Crippen LogP contribution < -0.4 is 10.9 Å². The quantitative estimate of drug-likeness (QED) is 0.495. The predicted molar refractivity (Wildman–Crippen MR) is 127 cm³/mol. The highest BCUT2D eigenvalue weighted by Gasteiger charge is 2.22. The third-order valence-electron chi connectivity index (χ3n) is 5.39. The van der Waals surface area contributed by atoms with Crippen molar-refractivity contribution in [1.82, 2.24) is 14.8 Å². The molecule has 0 radical (unpaired) electrons. The van der Waals surface area contributed by atoms with Crippen LogP contribution in [0.15, 0.2) is 59.4 Å². The highest BCUT2D eigenvalue weighted by molar-refractivity contribution is 6.02. The van der Waals surface area contributed by atoms with Crippen LogP contribution in [0.25, 0.3) is 10.9 Å². The molecule has 7 heteroatoms. The molecule has 0 unspecified atom stereocenters. The molecule has 0 spiro atoms. The van der Waals surface area contributed by atoms with Crippen LogP contribution in [-0.2, 0) is 6.54 Å². The van der Waals surface area contributed by atoms with E-state index in [-0.39, 0.29) is 23.7 Å². The van der Waals surface area contributed by atoms with E-state index < -0.39 is 11.5 Å². The lowest BCUT2D eigenvalue weighted by Gasteiger charge is -2.18. The van der Waals surface area contributed by atoms with Crippen molar-refractivity contribution in [3.05, 3.63) is 76.1 Å². The summed E-state index contributed by atoms with van der Waals surface area (Å²) >= 11 is 0. The van der Waals surface area contributed by atoms with Gasteiger partial charge in [-0.3, -0.25) is 9.59 Å². The lowest BCUT2D eigenvalue weighted by molar-refractivity contribution is 0.0947. The van der Waals surface area contributed by atoms with Crippen LogP contribution in [0.5, 0.6) is 5.75 Å². The van der Waals surface area contributed by atoms with Gasteiger partial charge in [0.15, 0.2) is 0 Å². The van der Waals surface area contributed by atoms with Gasteiger partial charge in [-0.25, -0.2) is 0 Å². The van der Waals surface area contributed by atoms with Crippen LogP contribution in [-0.4, -0.2) is 46.7 Å². The maximum Gasteiger partial charge on any atom is 0.268 e. The van der Waals surface area contributed by atoms with Gasteiger partial charge in [0.05, 0.1) is 12.1 Å². The number of pyridine rings is 1. The van der Waals surface area contributed by atoms with Crippen molar-refractivity contribution in [1.29, 1.82) is 0 Å². The number of aromatic nitrogens is 1. The maximum atomic E-state index is 13.2. The Morgan fingerprint density at radius 3 is 2.35 bits per heavy atom. The first-order valence-electron chi connectivity index (χ1n) is 10.5. The van der Waals surface area contributed by atoms with Crippen molar-refractivity contribution in [2.24, 2.45) is 0 Å². The molecule has 0 atom stereocenters. The molecule has 0 aliphatic heterocycles. The van der Waals surface area contributed by atoms with Gasteiger partial charge in [0.1, 0.15) is 11.3 Å². The average Bonchev–Trinajstić information content (AvgIpc) is 2.77. The van der Waals surface area contributed by atoms with E-state index in [0.717, 1.165) is 31.6 Å². The summed E-state index contributed by atoms with van der Waals surface area (Å²) in [5.74, 6) is -0.800. The standard InChI is InChI=1S/C24H29N3O3.ClH/c1-3-26(4-2)16-10-15-25-23(29)21-22(28)19-13-8-9-14-20(19)27(24(21)30)17-18-11-6-5-7-12-18;/h5-9,11-14,28H,3-4,10,15-17H2,1-2H3,(H,25,29);1H. The molecule has 31 heavy (non-hydrogen) atoms. The molecule has 3 rings (SSSR count). The molecular formula is C24H30ClN3O3. The second-order valence-electron chi connectivity index (χ2n) is 7.25. The van der Waals surface area contributed by atoms with Crippen molar-refractivity contribution in [3.8, 4) is 5.75 Å². The number of nitrogens with zero attached hydrogens (tertiary/aromatic N) is 2. The minimum absolute atomic E-state index is 0. The zero-order valence-corrected chi connectivity index (χ0v) is 18.8. The van der Waals surface area contributed by atoms with Gasteiger partial charge < -0.3 is 19.9 Å². The van der Waals surface area contributed by atoms with Crippen LogP contribution in [0.3, 0.4) is 0 Å². The summed E-state index contributed by atoms with van der Waals surface area (Å²) in [6.07, 6.45) is 0.778. The first-order chi connectivity index (χ1) is 14.6. The van der Waals surface area contributed by atoms with E-state index in [4.69, 9.17) is 0 Å². The van der Waals surface area contributed by atoms with Gasteiger partial charge in [-0.2, -0.15) is 0 Å². The molecule has 0 saturated carbocycles. The van der Waals surface area contributed by atoms with Crippen LogP contribution in [0.1, 0.15) is 36.2 Å². The number of benzene rings is 2. The molecule has 0 aliphatic rings. The van der Waals surface area contributed by atoms with Gasteiger partial charge in [-0.05, 0) is 43.8 Å². The Morgan fingerprint density at radius 1 is 1.03 bits per heavy atom. The highest BCUT2D eigenvalue weighted by atomic mass is 35.5. The monoisotopic (exact) mass is 443 g/mol. The third kappa shape index (κ3) is 5.66. The van der Waals surface area contributed by atoms with Crippen molar-refractivity contribution in [2.45, 2.75) is 26.8 Å². The lowest BCUT2D eigenvalue weighted by Crippen LogP contribution is -2.35. The second-order valence-corrected chi connectivity index (χ2v) is 7.25. The van der Waals surface area contributed by atoms with Gasteiger partial charge in [0, 0.05) is 11.9 Å². The molecule has 3 aromatic rings. The molecule has 0 saturated heterocycles. The molecule has 0 bridgehead atoms. The summed E-state index contributed by atoms with van der Waals surface area (Å²) in [4.78, 5) is 28.3. The average molecular weight is 444 g/mol. The Bertz CT molecular complexity index is 1060. The number of carbonyl (C=O) groups is 1. The van der Waals surface area contributed by atoms with E-state index in [2.05, 4.69) is 24.1 Å². The number of fused-ring (bicyclic) bond motifs is 1. The fraction of sp³-hybridized carbons (Fsp3) is 0.333. The molecule has 0 fully saturated rings. The molecule has 6 nitrogen and oxygen atoms in total. The molecule has 2 aromatic carbocycles. The molecule has 2 N–H and O–H groups in total. The number of carbonyl (C=O) groups excluding carboxylic acids is 1. The molecular weight excluding hydrogens is 414 g/mol. The van der Waals surface area contributed by atoms with Crippen molar-refractivity contribution in [2.75, 3.05) is 26.2 Å². The minimum atomic E-state index is -0.537. The third-order valence-corrected chi connectivity index (χ3v) is 5.39. The number of nitrogens with one attached hydrogen (secondary N) is 1. The number of para-hydroxylation sites is 1. The Labute approximate surface area is 188 Å². The van der Waals surface area contributed by atoms with Crippen molar-refractivity contribution < 1.29 is 9.90 Å². The predicted octanol–water partition coefficient (Wildman–Crippen LogP) is 3.64. The Kier molecular flexibility index (Phi) is 9.09. The number of amides is 1. The van der Waals surface area contributed by atoms with E-state index in [1.807, 2.05) is 36.4 Å². The fourth-order valence-corrected chi connectivity index (χ4v) is 3.65. The first-order valence-corrected chi connectivity index (χ1v) is 10.5. The largest absolute Gasteiger partial charge is 0.506 e. The summed E-state index contributed by atoms with van der Waals surface area (Å²) in [6.45, 7) is 7.76. The van der Waals surface area contributed by atoms with E-state index in [9.17, 15) is 14.7 Å². The van der Waals surface area contributed by atoms with E-state index >= 15 is 0 Å². The Balaban J connectivity index is 0.00000341. The zero-order chi connectivity index (χ0) is 21.5. The van der Waals surface area contributed by atoms with Gasteiger partial charge in [0.2, 0.25) is 0 Å². The summed E-state index contributed by atoms with van der Waals surface area (Å²) in [7, 11) is 0. The summed E-state index contributed by atoms with van der Waals surface area (Å²) < 4.78 is 1.55. The van der Waals surface area contributed by atoms with Gasteiger partial charge in [0.25, 0.3) is 11.5 Å². The number of hydrogen-bond donors (Lipinski definition) is 2. The summed E-state index contributed by atoms with van der Waals surface area (Å²) in [5.41, 5.74) is 0.853. The second kappa shape index (κ2) is 11.5. The molecule has 166 valence electrons. The molecule has 1 heterocycles. The lowest BCUT2D eigenvalue weighted by atomic mass is 10.1. The van der Waals surface area contributed by atoms with Gasteiger partial charge >= 0.3 is 0 Å². The topological polar surface area (TPSA) is 74.6 Å². The normalized spacial score (nSPS) is 10.8.